The van der Waals surface area contributed by atoms with Gasteiger partial charge >= 0.3 is 0 Å². The van der Waals surface area contributed by atoms with Crippen LogP contribution in [0.1, 0.15) is 37.4 Å². The normalized spacial score (nSPS) is 16.6. The highest BCUT2D eigenvalue weighted by molar-refractivity contribution is 9.10. The second kappa shape index (κ2) is 10.1. The summed E-state index contributed by atoms with van der Waals surface area (Å²) in [6, 6.07) is 15.1. The van der Waals surface area contributed by atoms with Gasteiger partial charge in [-0.1, -0.05) is 40.2 Å². The molecule has 4 nitrogen and oxygen atoms in total. The highest BCUT2D eigenvalue weighted by Gasteiger charge is 2.26. The zero-order valence-electron chi connectivity index (χ0n) is 16.2. The molecular weight excluding hydrogens is 404 g/mol. The smallest absolute Gasteiger partial charge is 0.161 e. The van der Waals surface area contributed by atoms with Gasteiger partial charge in [-0.25, -0.2) is 0 Å². The lowest BCUT2D eigenvalue weighted by atomic mass is 9.96. The topological polar surface area (TPSA) is 33.7 Å². The monoisotopic (exact) mass is 432 g/mol. The predicted molar refractivity (Wildman–Crippen MR) is 114 cm³/mol. The zero-order valence-corrected chi connectivity index (χ0v) is 17.8. The van der Waals surface area contributed by atoms with Crippen molar-refractivity contribution >= 4 is 15.9 Å². The van der Waals surface area contributed by atoms with Crippen LogP contribution in [-0.4, -0.2) is 44.3 Å². The molecule has 1 fully saturated rings. The molecule has 1 N–H and O–H groups in total. The first-order chi connectivity index (χ1) is 13.2. The van der Waals surface area contributed by atoms with Crippen molar-refractivity contribution < 1.29 is 9.47 Å². The third-order valence-electron chi connectivity index (χ3n) is 4.82. The minimum absolute atomic E-state index is 0.176. The van der Waals surface area contributed by atoms with Gasteiger partial charge in [-0.3, -0.25) is 4.90 Å². The summed E-state index contributed by atoms with van der Waals surface area (Å²) in [6.45, 7) is 9.43. The maximum Gasteiger partial charge on any atom is 0.161 e. The van der Waals surface area contributed by atoms with Crippen LogP contribution in [0.2, 0.25) is 0 Å². The molecule has 0 saturated carbocycles. The molecule has 27 heavy (non-hydrogen) atoms. The molecule has 1 saturated heterocycles. The third kappa shape index (κ3) is 5.03. The Morgan fingerprint density at radius 3 is 2.56 bits per heavy atom. The molecule has 0 amide bonds. The van der Waals surface area contributed by atoms with Crippen molar-refractivity contribution in [2.45, 2.75) is 26.3 Å². The van der Waals surface area contributed by atoms with E-state index >= 15 is 0 Å². The molecule has 5 heteroatoms. The van der Waals surface area contributed by atoms with Crippen molar-refractivity contribution in [3.05, 3.63) is 58.1 Å². The van der Waals surface area contributed by atoms with Crippen LogP contribution in [-0.2, 0) is 0 Å². The second-order valence-corrected chi connectivity index (χ2v) is 7.49. The van der Waals surface area contributed by atoms with Crippen LogP contribution in [0.5, 0.6) is 11.5 Å². The molecule has 146 valence electrons. The van der Waals surface area contributed by atoms with Gasteiger partial charge in [0.1, 0.15) is 0 Å². The summed E-state index contributed by atoms with van der Waals surface area (Å²) in [7, 11) is 0. The minimum Gasteiger partial charge on any atom is -0.490 e. The average Bonchev–Trinajstić information content (AvgIpc) is 2.95. The molecule has 2 aromatic rings. The van der Waals surface area contributed by atoms with Crippen molar-refractivity contribution in [3.8, 4) is 11.5 Å². The lowest BCUT2D eigenvalue weighted by Gasteiger charge is -2.32. The zero-order chi connectivity index (χ0) is 19.1. The van der Waals surface area contributed by atoms with Crippen molar-refractivity contribution in [3.63, 3.8) is 0 Å². The van der Waals surface area contributed by atoms with E-state index in [9.17, 15) is 0 Å². The van der Waals surface area contributed by atoms with Gasteiger partial charge in [-0.2, -0.15) is 0 Å². The number of ether oxygens (including phenoxy) is 2. The molecule has 0 bridgehead atoms. The first-order valence-corrected chi connectivity index (χ1v) is 10.6. The Morgan fingerprint density at radius 1 is 1.00 bits per heavy atom. The first kappa shape index (κ1) is 20.2. The molecule has 2 aromatic carbocycles. The summed E-state index contributed by atoms with van der Waals surface area (Å²) in [5.74, 6) is 1.63. The van der Waals surface area contributed by atoms with Crippen molar-refractivity contribution in [2.75, 3.05) is 39.4 Å². The fourth-order valence-corrected chi connectivity index (χ4v) is 4.15. The Kier molecular flexibility index (Phi) is 7.56. The molecular formula is C22H29BrN2O2. The first-order valence-electron chi connectivity index (χ1n) is 9.83. The fourth-order valence-electron chi connectivity index (χ4n) is 3.65. The number of hydrogen-bond acceptors (Lipinski definition) is 4. The number of rotatable bonds is 7. The van der Waals surface area contributed by atoms with Gasteiger partial charge in [0.25, 0.3) is 0 Å². The third-order valence-corrected chi connectivity index (χ3v) is 5.54. The van der Waals surface area contributed by atoms with Gasteiger partial charge in [0, 0.05) is 24.1 Å². The lowest BCUT2D eigenvalue weighted by Crippen LogP contribution is -2.33. The number of halogens is 1. The van der Waals surface area contributed by atoms with Gasteiger partial charge in [-0.05, 0) is 56.1 Å². The average molecular weight is 433 g/mol. The summed E-state index contributed by atoms with van der Waals surface area (Å²) >= 11 is 3.77. The Labute approximate surface area is 171 Å². The van der Waals surface area contributed by atoms with Crippen LogP contribution < -0.4 is 14.8 Å². The quantitative estimate of drug-likeness (QED) is 0.691. The summed E-state index contributed by atoms with van der Waals surface area (Å²) in [5, 5.41) is 3.51. The van der Waals surface area contributed by atoms with Gasteiger partial charge in [0.05, 0.1) is 19.3 Å². The van der Waals surface area contributed by atoms with Crippen molar-refractivity contribution in [2.24, 2.45) is 0 Å². The van der Waals surface area contributed by atoms with Gasteiger partial charge in [0.15, 0.2) is 11.5 Å². The number of benzene rings is 2. The van der Waals surface area contributed by atoms with E-state index in [1.807, 2.05) is 19.9 Å². The molecule has 1 aliphatic heterocycles. The number of hydrogen-bond donors (Lipinski definition) is 1. The number of nitrogens with one attached hydrogen (secondary N) is 1. The molecule has 1 heterocycles. The largest absolute Gasteiger partial charge is 0.490 e. The summed E-state index contributed by atoms with van der Waals surface area (Å²) in [6.07, 6.45) is 1.15. The lowest BCUT2D eigenvalue weighted by molar-refractivity contribution is 0.239. The maximum absolute atomic E-state index is 5.89. The molecule has 0 radical (unpaired) electrons. The van der Waals surface area contributed by atoms with E-state index in [1.54, 1.807) is 0 Å². The molecule has 3 rings (SSSR count). The van der Waals surface area contributed by atoms with Crippen LogP contribution >= 0.6 is 15.9 Å². The molecule has 0 spiro atoms. The second-order valence-electron chi connectivity index (χ2n) is 6.64. The Balaban J connectivity index is 2.04. The Hall–Kier alpha value is -1.56. The SMILES string of the molecule is CCOc1ccc(C(c2ccccc2Br)N2CCCNCC2)cc1OCC. The standard InChI is InChI=1S/C22H29BrN2O2/c1-3-26-20-11-10-17(16-21(20)27-4-2)22(18-8-5-6-9-19(18)23)25-14-7-12-24-13-15-25/h5-6,8-11,16,22,24H,3-4,7,12-15H2,1-2H3. The maximum atomic E-state index is 5.89. The van der Waals surface area contributed by atoms with E-state index < -0.39 is 0 Å². The molecule has 1 atom stereocenters. The van der Waals surface area contributed by atoms with Gasteiger partial charge in [0.2, 0.25) is 0 Å². The highest BCUT2D eigenvalue weighted by Crippen LogP contribution is 2.38. The van der Waals surface area contributed by atoms with E-state index in [1.165, 1.54) is 11.1 Å². The molecule has 0 aromatic heterocycles. The van der Waals surface area contributed by atoms with Gasteiger partial charge in [-0.15, -0.1) is 0 Å². The predicted octanol–water partition coefficient (Wildman–Crippen LogP) is 4.63. The van der Waals surface area contributed by atoms with Gasteiger partial charge < -0.3 is 14.8 Å². The van der Waals surface area contributed by atoms with E-state index in [0.717, 1.165) is 48.6 Å². The fraction of sp³-hybridized carbons (Fsp3) is 0.455. The van der Waals surface area contributed by atoms with Crippen LogP contribution in [0.25, 0.3) is 0 Å². The van der Waals surface area contributed by atoms with Crippen LogP contribution in [0.15, 0.2) is 46.9 Å². The Morgan fingerprint density at radius 2 is 1.78 bits per heavy atom. The minimum atomic E-state index is 0.176. The molecule has 1 unspecified atom stereocenters. The summed E-state index contributed by atoms with van der Waals surface area (Å²) < 4.78 is 12.8. The highest BCUT2D eigenvalue weighted by atomic mass is 79.9. The van der Waals surface area contributed by atoms with E-state index in [-0.39, 0.29) is 6.04 Å². The van der Waals surface area contributed by atoms with Crippen molar-refractivity contribution in [1.29, 1.82) is 0 Å². The summed E-state index contributed by atoms with van der Waals surface area (Å²) in [5.41, 5.74) is 2.52. The van der Waals surface area contributed by atoms with Crippen LogP contribution in [0.3, 0.4) is 0 Å². The summed E-state index contributed by atoms with van der Waals surface area (Å²) in [4.78, 5) is 2.56. The Bertz CT molecular complexity index is 730. The van der Waals surface area contributed by atoms with E-state index in [0.29, 0.717) is 13.2 Å². The molecule has 0 aliphatic carbocycles. The van der Waals surface area contributed by atoms with Crippen LogP contribution in [0.4, 0.5) is 0 Å². The molecule has 1 aliphatic rings. The van der Waals surface area contributed by atoms with Crippen LogP contribution in [0, 0.1) is 0 Å². The van der Waals surface area contributed by atoms with Crippen molar-refractivity contribution in [1.82, 2.24) is 10.2 Å². The van der Waals surface area contributed by atoms with E-state index in [2.05, 4.69) is 62.5 Å². The van der Waals surface area contributed by atoms with E-state index in [4.69, 9.17) is 9.47 Å². The number of nitrogens with zero attached hydrogens (tertiary/aromatic N) is 1.